The van der Waals surface area contributed by atoms with Gasteiger partial charge in [-0.05, 0) is 62.4 Å². The lowest BCUT2D eigenvalue weighted by Crippen LogP contribution is -2.40. The van der Waals surface area contributed by atoms with E-state index in [2.05, 4.69) is 11.0 Å². The molecule has 0 unspecified atom stereocenters. The minimum atomic E-state index is -0.419. The first-order chi connectivity index (χ1) is 15.8. The SMILES string of the molecule is COc1ccc(N(Cc2c(C)ccc(OC)c2[N+](=O)[O-])C2CCC(C(N)=O)CC2)cc1C#N. The molecular formula is C24H28N4O5. The summed E-state index contributed by atoms with van der Waals surface area (Å²) >= 11 is 0. The lowest BCUT2D eigenvalue weighted by molar-refractivity contribution is -0.386. The van der Waals surface area contributed by atoms with Crippen molar-refractivity contribution in [2.45, 2.75) is 45.2 Å². The zero-order chi connectivity index (χ0) is 24.1. The number of nitro benzene ring substituents is 1. The first kappa shape index (κ1) is 23.9. The van der Waals surface area contributed by atoms with Crippen molar-refractivity contribution in [1.82, 2.24) is 0 Å². The number of primary amides is 1. The second-order valence-corrected chi connectivity index (χ2v) is 8.20. The molecule has 2 aromatic carbocycles. The molecule has 9 heteroatoms. The first-order valence-electron chi connectivity index (χ1n) is 10.8. The van der Waals surface area contributed by atoms with Gasteiger partial charge in [0, 0.05) is 17.6 Å². The van der Waals surface area contributed by atoms with Crippen molar-refractivity contribution in [3.05, 3.63) is 57.1 Å². The third kappa shape index (κ3) is 5.00. The average Bonchev–Trinajstić information content (AvgIpc) is 2.82. The smallest absolute Gasteiger partial charge is 0.316 e. The molecule has 0 atom stereocenters. The van der Waals surface area contributed by atoms with Crippen LogP contribution in [0.2, 0.25) is 0 Å². The highest BCUT2D eigenvalue weighted by molar-refractivity contribution is 5.76. The minimum Gasteiger partial charge on any atom is -0.495 e. The number of ether oxygens (including phenoxy) is 2. The van der Waals surface area contributed by atoms with E-state index in [0.29, 0.717) is 42.6 Å². The number of methoxy groups -OCH3 is 2. The van der Waals surface area contributed by atoms with Crippen LogP contribution < -0.4 is 20.1 Å². The molecule has 0 saturated heterocycles. The molecule has 2 aromatic rings. The highest BCUT2D eigenvalue weighted by atomic mass is 16.6. The standard InChI is InChI=1S/C24H28N4O5/c1-15-4-10-22(33-3)23(28(30)31)20(15)14-27(18-7-5-16(6-8-18)24(26)29)19-9-11-21(32-2)17(12-19)13-25/h4,9-12,16,18H,5-8,14H2,1-3H3,(H2,26,29). The number of anilines is 1. The van der Waals surface area contributed by atoms with Gasteiger partial charge in [0.1, 0.15) is 11.8 Å². The molecule has 0 radical (unpaired) electrons. The zero-order valence-electron chi connectivity index (χ0n) is 19.0. The predicted octanol–water partition coefficient (Wildman–Crippen LogP) is 3.84. The van der Waals surface area contributed by atoms with Crippen LogP contribution in [0.3, 0.4) is 0 Å². The number of carbonyl (C=O) groups excluding carboxylic acids is 1. The highest BCUT2D eigenvalue weighted by Gasteiger charge is 2.32. The summed E-state index contributed by atoms with van der Waals surface area (Å²) in [6, 6.07) is 10.9. The molecule has 2 N–H and O–H groups in total. The molecule has 1 saturated carbocycles. The molecule has 33 heavy (non-hydrogen) atoms. The van der Waals surface area contributed by atoms with E-state index in [0.717, 1.165) is 11.3 Å². The van der Waals surface area contributed by atoms with Crippen LogP contribution in [0.4, 0.5) is 11.4 Å². The van der Waals surface area contributed by atoms with Gasteiger partial charge >= 0.3 is 5.69 Å². The predicted molar refractivity (Wildman–Crippen MR) is 123 cm³/mol. The lowest BCUT2D eigenvalue weighted by atomic mass is 9.84. The zero-order valence-corrected chi connectivity index (χ0v) is 19.0. The monoisotopic (exact) mass is 452 g/mol. The van der Waals surface area contributed by atoms with E-state index in [1.807, 2.05) is 13.0 Å². The van der Waals surface area contributed by atoms with Gasteiger partial charge < -0.3 is 20.1 Å². The van der Waals surface area contributed by atoms with Gasteiger partial charge in [-0.3, -0.25) is 14.9 Å². The minimum absolute atomic E-state index is 0.0192. The molecule has 0 aliphatic heterocycles. The van der Waals surface area contributed by atoms with Crippen LogP contribution in [0.5, 0.6) is 11.5 Å². The number of hydrogen-bond acceptors (Lipinski definition) is 7. The highest BCUT2D eigenvalue weighted by Crippen LogP contribution is 2.38. The molecule has 1 aliphatic carbocycles. The van der Waals surface area contributed by atoms with Crippen LogP contribution in [0.15, 0.2) is 30.3 Å². The Morgan fingerprint density at radius 3 is 2.36 bits per heavy atom. The molecule has 9 nitrogen and oxygen atoms in total. The fourth-order valence-electron chi connectivity index (χ4n) is 4.52. The Bertz CT molecular complexity index is 1090. The lowest BCUT2D eigenvalue weighted by Gasteiger charge is -2.38. The third-order valence-electron chi connectivity index (χ3n) is 6.39. The number of hydrogen-bond donors (Lipinski definition) is 1. The molecule has 1 fully saturated rings. The number of nitriles is 1. The molecule has 174 valence electrons. The van der Waals surface area contributed by atoms with Gasteiger partial charge in [-0.1, -0.05) is 6.07 Å². The van der Waals surface area contributed by atoms with Gasteiger partial charge in [-0.2, -0.15) is 5.26 Å². The number of nitrogens with two attached hydrogens (primary N) is 1. The van der Waals surface area contributed by atoms with Crippen molar-refractivity contribution in [3.8, 4) is 17.6 Å². The van der Waals surface area contributed by atoms with Crippen molar-refractivity contribution in [2.24, 2.45) is 11.7 Å². The second kappa shape index (κ2) is 10.2. The fraction of sp³-hybridized carbons (Fsp3) is 0.417. The summed E-state index contributed by atoms with van der Waals surface area (Å²) in [6.07, 6.45) is 2.71. The molecule has 0 bridgehead atoms. The Balaban J connectivity index is 2.07. The molecule has 0 aromatic heterocycles. The number of nitrogens with zero attached hydrogens (tertiary/aromatic N) is 3. The molecule has 1 aliphatic rings. The van der Waals surface area contributed by atoms with E-state index < -0.39 is 4.92 Å². The van der Waals surface area contributed by atoms with Crippen molar-refractivity contribution < 1.29 is 19.2 Å². The maximum Gasteiger partial charge on any atom is 0.316 e. The fourth-order valence-corrected chi connectivity index (χ4v) is 4.52. The maximum atomic E-state index is 11.9. The summed E-state index contributed by atoms with van der Waals surface area (Å²) in [5.74, 6) is 0.199. The number of benzene rings is 2. The van der Waals surface area contributed by atoms with E-state index in [-0.39, 0.29) is 35.8 Å². The summed E-state index contributed by atoms with van der Waals surface area (Å²) in [5, 5.41) is 21.5. The third-order valence-corrected chi connectivity index (χ3v) is 6.39. The van der Waals surface area contributed by atoms with Crippen molar-refractivity contribution >= 4 is 17.3 Å². The van der Waals surface area contributed by atoms with Gasteiger partial charge in [-0.25, -0.2) is 0 Å². The van der Waals surface area contributed by atoms with Gasteiger partial charge in [0.25, 0.3) is 0 Å². The maximum absolute atomic E-state index is 11.9. The van der Waals surface area contributed by atoms with Gasteiger partial charge in [0.15, 0.2) is 5.75 Å². The Morgan fingerprint density at radius 1 is 1.18 bits per heavy atom. The van der Waals surface area contributed by atoms with Crippen LogP contribution in [-0.4, -0.2) is 31.1 Å². The summed E-state index contributed by atoms with van der Waals surface area (Å²) in [4.78, 5) is 25.3. The van der Waals surface area contributed by atoms with E-state index >= 15 is 0 Å². The van der Waals surface area contributed by atoms with Crippen LogP contribution in [0, 0.1) is 34.3 Å². The molecule has 0 spiro atoms. The summed E-state index contributed by atoms with van der Waals surface area (Å²) in [5.41, 5.74) is 7.89. The van der Waals surface area contributed by atoms with Gasteiger partial charge in [0.2, 0.25) is 5.91 Å². The first-order valence-corrected chi connectivity index (χ1v) is 10.8. The molecule has 1 amide bonds. The molecule has 0 heterocycles. The van der Waals surface area contributed by atoms with Gasteiger partial charge in [-0.15, -0.1) is 0 Å². The number of carbonyl (C=O) groups is 1. The van der Waals surface area contributed by atoms with E-state index in [4.69, 9.17) is 15.2 Å². The van der Waals surface area contributed by atoms with Crippen molar-refractivity contribution in [1.29, 1.82) is 5.26 Å². The number of aryl methyl sites for hydroxylation is 1. The summed E-state index contributed by atoms with van der Waals surface area (Å²) in [7, 11) is 2.91. The number of nitro groups is 1. The van der Waals surface area contributed by atoms with Crippen molar-refractivity contribution in [2.75, 3.05) is 19.1 Å². The Hall–Kier alpha value is -3.80. The average molecular weight is 453 g/mol. The number of rotatable bonds is 8. The Labute approximate surface area is 192 Å². The van der Waals surface area contributed by atoms with Crippen LogP contribution >= 0.6 is 0 Å². The van der Waals surface area contributed by atoms with Crippen molar-refractivity contribution in [3.63, 3.8) is 0 Å². The summed E-state index contributed by atoms with van der Waals surface area (Å²) in [6.45, 7) is 2.08. The topological polar surface area (TPSA) is 132 Å². The molecular weight excluding hydrogens is 424 g/mol. The van der Waals surface area contributed by atoms with E-state index in [9.17, 15) is 20.2 Å². The van der Waals surface area contributed by atoms with Crippen LogP contribution in [0.25, 0.3) is 0 Å². The summed E-state index contributed by atoms with van der Waals surface area (Å²) < 4.78 is 10.5. The largest absolute Gasteiger partial charge is 0.495 e. The molecule has 3 rings (SSSR count). The second-order valence-electron chi connectivity index (χ2n) is 8.20. The van der Waals surface area contributed by atoms with Gasteiger partial charge in [0.05, 0.1) is 36.8 Å². The Kier molecular flexibility index (Phi) is 7.38. The normalized spacial score (nSPS) is 17.6. The van der Waals surface area contributed by atoms with Crippen LogP contribution in [-0.2, 0) is 11.3 Å². The number of amides is 1. The quantitative estimate of drug-likeness (QED) is 0.475. The Morgan fingerprint density at radius 2 is 1.82 bits per heavy atom. The van der Waals surface area contributed by atoms with E-state index in [1.54, 1.807) is 24.3 Å². The van der Waals surface area contributed by atoms with Crippen LogP contribution in [0.1, 0.15) is 42.4 Å². The van der Waals surface area contributed by atoms with E-state index in [1.165, 1.54) is 14.2 Å².